The molecule has 6 heterocycles. The summed E-state index contributed by atoms with van der Waals surface area (Å²) >= 11 is 0. The molecule has 115 heavy (non-hydrogen) atoms. The predicted molar refractivity (Wildman–Crippen MR) is 460 cm³/mol. The zero-order chi connectivity index (χ0) is 88.1. The Labute approximate surface area is 697 Å². The molecular weight excluding hydrogens is 1480 g/mol. The van der Waals surface area contributed by atoms with E-state index in [1.165, 1.54) is 6.42 Å². The number of amides is 1. The van der Waals surface area contributed by atoms with Gasteiger partial charge in [-0.05, 0) is 170 Å². The molecule has 0 aromatic carbocycles. The third-order valence-corrected chi connectivity index (χ3v) is 25.6. The fourth-order valence-electron chi connectivity index (χ4n) is 15.1. The Morgan fingerprint density at radius 2 is 0.757 bits per heavy atom. The van der Waals surface area contributed by atoms with Gasteiger partial charge in [-0.3, -0.25) is 67.5 Å². The van der Waals surface area contributed by atoms with Crippen LogP contribution >= 0.6 is 0 Å². The van der Waals surface area contributed by atoms with Gasteiger partial charge in [-0.1, -0.05) is 132 Å². The zero-order valence-electron chi connectivity index (χ0n) is 76.3. The van der Waals surface area contributed by atoms with Crippen LogP contribution in [0.2, 0.25) is 0 Å². The van der Waals surface area contributed by atoms with Crippen molar-refractivity contribution in [3.63, 3.8) is 0 Å². The fourth-order valence-corrected chi connectivity index (χ4v) is 16.4. The smallest absolute Gasteiger partial charge is 0.234 e. The molecule has 0 aromatic heterocycles. The molecule has 3 unspecified atom stereocenters. The number of hydrogen-bond acceptors (Lipinski definition) is 23. The molecule has 0 radical (unpaired) electrons. The molecule has 24 nitrogen and oxygen atoms in total. The highest BCUT2D eigenvalue weighted by atomic mass is 32.2. The molecule has 670 valence electrons. The van der Waals surface area contributed by atoms with Crippen molar-refractivity contribution in [3.05, 3.63) is 0 Å². The van der Waals surface area contributed by atoms with Crippen LogP contribution in [-0.4, -0.2) is 288 Å². The van der Waals surface area contributed by atoms with Crippen molar-refractivity contribution >= 4 is 67.8 Å². The maximum atomic E-state index is 11.8. The fraction of sp³-hybridized carbons (Fsp3) is 0.889. The van der Waals surface area contributed by atoms with Gasteiger partial charge in [0, 0.05) is 141 Å². The summed E-state index contributed by atoms with van der Waals surface area (Å²) in [6.07, 6.45) is 16.0. The van der Waals surface area contributed by atoms with Gasteiger partial charge in [-0.25, -0.2) is 8.42 Å². The van der Waals surface area contributed by atoms with Crippen molar-refractivity contribution < 1.29 is 81.9 Å². The van der Waals surface area contributed by atoms with Crippen LogP contribution < -0.4 is 5.32 Å². The first kappa shape index (κ1) is 109. The monoisotopic (exact) mass is 1650 g/mol. The van der Waals surface area contributed by atoms with Crippen LogP contribution in [0, 0.1) is 82.3 Å². The van der Waals surface area contributed by atoms with Crippen molar-refractivity contribution in [2.45, 2.75) is 297 Å². The molecular formula is C90H167N7O17S. The molecule has 3 saturated carbocycles. The van der Waals surface area contributed by atoms with Gasteiger partial charge in [0.1, 0.15) is 52.0 Å². The van der Waals surface area contributed by atoms with Gasteiger partial charge in [0.25, 0.3) is 0 Å². The number of aliphatic hydroxyl groups excluding tert-OH is 3. The normalized spacial score (nSPS) is 25.9. The van der Waals surface area contributed by atoms with Gasteiger partial charge in [-0.2, -0.15) is 0 Å². The largest absolute Gasteiger partial charge is 0.393 e. The van der Waals surface area contributed by atoms with Gasteiger partial charge >= 0.3 is 0 Å². The molecule has 0 bridgehead atoms. The van der Waals surface area contributed by atoms with Crippen LogP contribution in [0.1, 0.15) is 267 Å². The zero-order valence-corrected chi connectivity index (χ0v) is 77.2. The van der Waals surface area contributed by atoms with Crippen LogP contribution in [0.15, 0.2) is 0 Å². The van der Waals surface area contributed by atoms with E-state index in [1.54, 1.807) is 0 Å². The van der Waals surface area contributed by atoms with Crippen LogP contribution in [0.3, 0.4) is 0 Å². The van der Waals surface area contributed by atoms with Gasteiger partial charge in [0.05, 0.1) is 73.7 Å². The second kappa shape index (κ2) is 54.4. The van der Waals surface area contributed by atoms with E-state index >= 15 is 0 Å². The summed E-state index contributed by atoms with van der Waals surface area (Å²) in [6, 6.07) is 0. The number of hydrogen-bond donors (Lipinski definition) is 6. The summed E-state index contributed by atoms with van der Waals surface area (Å²) in [5.74, 6) is 5.54. The lowest BCUT2D eigenvalue weighted by Crippen LogP contribution is -2.49. The van der Waals surface area contributed by atoms with Crippen molar-refractivity contribution in [1.29, 1.82) is 0 Å². The van der Waals surface area contributed by atoms with E-state index in [4.69, 9.17) is 0 Å². The number of piperidine rings is 4. The maximum absolute atomic E-state index is 11.8. The highest BCUT2D eigenvalue weighted by Crippen LogP contribution is 2.39. The molecule has 9 aliphatic rings. The van der Waals surface area contributed by atoms with E-state index in [0.29, 0.717) is 111 Å². The number of piperazine rings is 1. The number of sulfone groups is 1. The van der Waals surface area contributed by atoms with E-state index in [-0.39, 0.29) is 118 Å². The molecule has 1 amide bonds. The highest BCUT2D eigenvalue weighted by Gasteiger charge is 2.39. The Morgan fingerprint density at radius 3 is 1.14 bits per heavy atom. The minimum absolute atomic E-state index is 0.0165. The number of nitrogens with zero attached hydrogens (tertiary/aromatic N) is 6. The molecule has 6 saturated heterocycles. The van der Waals surface area contributed by atoms with E-state index in [2.05, 4.69) is 39.0 Å². The van der Waals surface area contributed by atoms with Gasteiger partial charge in [-0.15, -0.1) is 0 Å². The van der Waals surface area contributed by atoms with E-state index < -0.39 is 21.0 Å². The molecule has 6 N–H and O–H groups in total. The predicted octanol–water partition coefficient (Wildman–Crippen LogP) is 10.1. The Balaban J connectivity index is 0.000000647. The van der Waals surface area contributed by atoms with Crippen molar-refractivity contribution in [1.82, 2.24) is 34.7 Å². The van der Waals surface area contributed by atoms with Crippen LogP contribution in [0.25, 0.3) is 0 Å². The number of aliphatic hydroxyl groups is 5. The first-order chi connectivity index (χ1) is 53.2. The lowest BCUT2D eigenvalue weighted by atomic mass is 9.69. The van der Waals surface area contributed by atoms with Crippen LogP contribution in [-0.2, 0) is 57.8 Å². The summed E-state index contributed by atoms with van der Waals surface area (Å²) in [5.41, 5.74) is -1.20. The standard InChI is InChI=1S/C11H21NO2.2C11H20O2.C10H19NO2.2C10H19NO.C9H16N2O2.C9H17NO3S.C9H16O2/c1-9(2)10(13)8-12-6-4-11(3,14)5-7-12;1-8(2)10(13)11(3)6-4-9(12)5-7-11;1-8(2)10(12)9-4-6-11(3,13)7-5-9;1-8(2)10(13)7-11-5-3-9(12)4-6-11;1-8(2)10(12)9-4-6-11(3)7-5-9;1-8(2)10(12)9-5-4-6-11(3)7-9;1-7(2)8(12)5-11-4-3-10-9(13)6-11;1-8(2)9(11)7-10-3-5-14(12,13)6-4-10;1-6(2)9(11)7-3-4-8(10)5-7/h9,14H,4-8H2,1-3H3;8-9,12H,4-7H2,1-3H3;8-9,13H,4-7H2,1-3H3;8-9,12H,3-7H2,1-2H3;2*8-9H,4-7H2,1-3H3;7H,3-6H2,1-2H3,(H,10,13);8H,3-7H2,1-2H3;6-8,10H,3-5H2,1-2H3. The number of ketones is 9. The van der Waals surface area contributed by atoms with Crippen molar-refractivity contribution in [2.24, 2.45) is 82.3 Å². The number of likely N-dealkylation sites (tertiary alicyclic amines) is 4. The topological polar surface area (TPSA) is 337 Å². The first-order valence-corrected chi connectivity index (χ1v) is 46.1. The molecule has 9 fully saturated rings. The Bertz CT molecular complexity index is 2980. The van der Waals surface area contributed by atoms with E-state index in [1.807, 2.05) is 155 Å². The lowest BCUT2D eigenvalue weighted by molar-refractivity contribution is -0.134. The number of rotatable bonds is 22. The summed E-state index contributed by atoms with van der Waals surface area (Å²) in [6.45, 7) is 53.1. The average Bonchev–Trinajstić information content (AvgIpc) is 1.02. The molecule has 3 aliphatic carbocycles. The van der Waals surface area contributed by atoms with Gasteiger partial charge < -0.3 is 40.6 Å². The van der Waals surface area contributed by atoms with E-state index in [0.717, 1.165) is 168 Å². The second-order valence-corrected chi connectivity index (χ2v) is 40.7. The highest BCUT2D eigenvalue weighted by molar-refractivity contribution is 7.91. The minimum atomic E-state index is -2.82. The Hall–Kier alpha value is -3.99. The average molecular weight is 1650 g/mol. The van der Waals surface area contributed by atoms with E-state index in [9.17, 15) is 81.9 Å². The molecule has 3 atom stereocenters. The summed E-state index contributed by atoms with van der Waals surface area (Å²) < 4.78 is 22.2. The second-order valence-electron chi connectivity index (χ2n) is 38.4. The number of nitrogens with one attached hydrogen (secondary N) is 1. The van der Waals surface area contributed by atoms with Crippen LogP contribution in [0.4, 0.5) is 0 Å². The quantitative estimate of drug-likeness (QED) is 0.0587. The molecule has 25 heteroatoms. The molecule has 6 aliphatic heterocycles. The third-order valence-electron chi connectivity index (χ3n) is 24.0. The van der Waals surface area contributed by atoms with Crippen LogP contribution in [0.5, 0.6) is 0 Å². The number of Topliss-reactive ketones (excluding diaryl/α,β-unsaturated/α-hetero) is 9. The number of carbonyl (C=O) groups is 10. The Kier molecular flexibility index (Phi) is 51.6. The first-order valence-electron chi connectivity index (χ1n) is 44.2. The van der Waals surface area contributed by atoms with Gasteiger partial charge in [0.15, 0.2) is 9.84 Å². The SMILES string of the molecule is CC(C)C(=O)C1(C)CCC(O)CC1.CC(C)C(=O)C1CCC(C)(O)CC1.CC(C)C(=O)C1CCC(O)C1.CC(C)C(=O)C1CCCN(C)C1.CC(C)C(=O)C1CCN(C)CC1.CC(C)C(=O)CN1CCC(C)(O)CC1.CC(C)C(=O)CN1CCC(O)CC1.CC(C)C(=O)CN1CCNC(=O)C1.CC(C)C(=O)CN1CCS(=O)(=O)CC1. The number of carbonyl (C=O) groups excluding carboxylic acids is 10. The lowest BCUT2D eigenvalue weighted by Gasteiger charge is -2.35. The minimum Gasteiger partial charge on any atom is -0.393 e. The van der Waals surface area contributed by atoms with Crippen molar-refractivity contribution in [2.75, 3.05) is 137 Å². The summed E-state index contributed by atoms with van der Waals surface area (Å²) in [4.78, 5) is 127. The molecule has 9 rings (SSSR count). The summed E-state index contributed by atoms with van der Waals surface area (Å²) in [5, 5.41) is 49.9. The van der Waals surface area contributed by atoms with Gasteiger partial charge in [0.2, 0.25) is 5.91 Å². The summed E-state index contributed by atoms with van der Waals surface area (Å²) in [7, 11) is 1.39. The maximum Gasteiger partial charge on any atom is 0.234 e. The molecule has 0 spiro atoms. The Morgan fingerprint density at radius 1 is 0.383 bits per heavy atom. The van der Waals surface area contributed by atoms with Crippen molar-refractivity contribution in [3.8, 4) is 0 Å². The molecule has 0 aromatic rings. The third kappa shape index (κ3) is 46.0.